The van der Waals surface area contributed by atoms with Gasteiger partial charge >= 0.3 is 0 Å². The van der Waals surface area contributed by atoms with Gasteiger partial charge in [-0.15, -0.1) is 0 Å². The van der Waals surface area contributed by atoms with E-state index in [0.717, 1.165) is 44.7 Å². The van der Waals surface area contributed by atoms with Gasteiger partial charge in [-0.05, 0) is 65.6 Å². The van der Waals surface area contributed by atoms with Crippen molar-refractivity contribution in [2.75, 3.05) is 32.7 Å². The van der Waals surface area contributed by atoms with E-state index in [1.807, 2.05) is 6.92 Å². The Hall–Kier alpha value is -0.910. The molecule has 5 nitrogen and oxygen atoms in total. The van der Waals surface area contributed by atoms with Gasteiger partial charge in [-0.25, -0.2) is 0 Å². The van der Waals surface area contributed by atoms with Gasteiger partial charge in [0, 0.05) is 31.4 Å². The Labute approximate surface area is 140 Å². The average molecular weight is 320 g/mol. The van der Waals surface area contributed by atoms with Gasteiger partial charge in [-0.3, -0.25) is 9.58 Å². The highest BCUT2D eigenvalue weighted by Gasteiger charge is 2.35. The number of β-amino-alcohol motifs (C(OH)–C–C–N with tert-alkyl or cyclic N) is 1. The van der Waals surface area contributed by atoms with Crippen LogP contribution in [-0.2, 0) is 6.54 Å². The largest absolute Gasteiger partial charge is 0.388 e. The fraction of sp³-hybridized carbons (Fsp3) is 0.833. The SMILES string of the molecule is Cc1cc(C)n(CC(C)N2CCC(O)(CN3CCCC3)CC2)n1. The van der Waals surface area contributed by atoms with E-state index >= 15 is 0 Å². The molecule has 5 heteroatoms. The van der Waals surface area contributed by atoms with Crippen molar-refractivity contribution in [2.24, 2.45) is 0 Å². The fourth-order valence-corrected chi connectivity index (χ4v) is 4.12. The van der Waals surface area contributed by atoms with Gasteiger partial charge in [-0.2, -0.15) is 5.10 Å². The maximum absolute atomic E-state index is 10.9. The van der Waals surface area contributed by atoms with E-state index in [1.165, 1.54) is 31.6 Å². The Morgan fingerprint density at radius 3 is 2.39 bits per heavy atom. The van der Waals surface area contributed by atoms with Gasteiger partial charge in [-0.1, -0.05) is 0 Å². The van der Waals surface area contributed by atoms with Crippen LogP contribution in [0.2, 0.25) is 0 Å². The second kappa shape index (κ2) is 6.91. The zero-order valence-electron chi connectivity index (χ0n) is 15.0. The first-order chi connectivity index (χ1) is 11.0. The summed E-state index contributed by atoms with van der Waals surface area (Å²) in [6.07, 6.45) is 4.37. The summed E-state index contributed by atoms with van der Waals surface area (Å²) in [4.78, 5) is 4.95. The zero-order valence-corrected chi connectivity index (χ0v) is 15.0. The van der Waals surface area contributed by atoms with Crippen LogP contribution in [0, 0.1) is 13.8 Å². The smallest absolute Gasteiger partial charge is 0.0798 e. The molecule has 1 unspecified atom stereocenters. The number of rotatable bonds is 5. The molecule has 2 fully saturated rings. The van der Waals surface area contributed by atoms with Crippen molar-refractivity contribution in [3.8, 4) is 0 Å². The van der Waals surface area contributed by atoms with E-state index in [4.69, 9.17) is 0 Å². The molecule has 23 heavy (non-hydrogen) atoms. The van der Waals surface area contributed by atoms with Crippen LogP contribution in [-0.4, -0.2) is 69.1 Å². The van der Waals surface area contributed by atoms with E-state index in [9.17, 15) is 5.11 Å². The van der Waals surface area contributed by atoms with Crippen LogP contribution in [0.1, 0.15) is 44.0 Å². The second-order valence-electron chi connectivity index (χ2n) is 7.70. The van der Waals surface area contributed by atoms with Gasteiger partial charge in [0.15, 0.2) is 0 Å². The summed E-state index contributed by atoms with van der Waals surface area (Å²) < 4.78 is 2.12. The van der Waals surface area contributed by atoms with Gasteiger partial charge in [0.2, 0.25) is 0 Å². The third kappa shape index (κ3) is 4.14. The van der Waals surface area contributed by atoms with E-state index in [1.54, 1.807) is 0 Å². The normalized spacial score (nSPS) is 24.2. The first kappa shape index (κ1) is 16.9. The first-order valence-electron chi connectivity index (χ1n) is 9.15. The minimum absolute atomic E-state index is 0.462. The highest BCUT2D eigenvalue weighted by atomic mass is 16.3. The average Bonchev–Trinajstić information content (AvgIpc) is 3.09. The Bertz CT molecular complexity index is 513. The molecule has 130 valence electrons. The van der Waals surface area contributed by atoms with Crippen molar-refractivity contribution in [1.82, 2.24) is 19.6 Å². The molecule has 1 N–H and O–H groups in total. The van der Waals surface area contributed by atoms with Crippen LogP contribution in [0.25, 0.3) is 0 Å². The molecule has 0 aromatic carbocycles. The Balaban J connectivity index is 1.50. The number of piperidine rings is 1. The van der Waals surface area contributed by atoms with Crippen molar-refractivity contribution < 1.29 is 5.11 Å². The maximum atomic E-state index is 10.9. The number of aliphatic hydroxyl groups is 1. The Morgan fingerprint density at radius 2 is 1.83 bits per heavy atom. The standard InChI is InChI=1S/C18H32N4O/c1-15-12-16(2)22(19-15)13-17(3)21-10-6-18(23,7-11-21)14-20-8-4-5-9-20/h12,17,23H,4-11,13-14H2,1-3H3. The highest BCUT2D eigenvalue weighted by Crippen LogP contribution is 2.26. The molecule has 0 saturated carbocycles. The molecule has 3 heterocycles. The quantitative estimate of drug-likeness (QED) is 0.899. The van der Waals surface area contributed by atoms with E-state index in [-0.39, 0.29) is 0 Å². The van der Waals surface area contributed by atoms with Crippen LogP contribution in [0.5, 0.6) is 0 Å². The monoisotopic (exact) mass is 320 g/mol. The maximum Gasteiger partial charge on any atom is 0.0798 e. The highest BCUT2D eigenvalue weighted by molar-refractivity contribution is 5.06. The molecule has 0 amide bonds. The number of hydrogen-bond acceptors (Lipinski definition) is 4. The van der Waals surface area contributed by atoms with Gasteiger partial charge < -0.3 is 10.0 Å². The summed E-state index contributed by atoms with van der Waals surface area (Å²) in [5, 5.41) is 15.5. The molecule has 1 aromatic rings. The first-order valence-corrected chi connectivity index (χ1v) is 9.15. The molecule has 0 radical (unpaired) electrons. The van der Waals surface area contributed by atoms with E-state index in [2.05, 4.69) is 39.5 Å². The van der Waals surface area contributed by atoms with Gasteiger partial charge in [0.05, 0.1) is 17.8 Å². The molecule has 0 spiro atoms. The molecular weight excluding hydrogens is 288 g/mol. The number of nitrogens with zero attached hydrogens (tertiary/aromatic N) is 4. The minimum atomic E-state index is -0.473. The van der Waals surface area contributed by atoms with Crippen molar-refractivity contribution in [3.63, 3.8) is 0 Å². The third-order valence-electron chi connectivity index (χ3n) is 5.61. The van der Waals surface area contributed by atoms with Gasteiger partial charge in [0.1, 0.15) is 0 Å². The lowest BCUT2D eigenvalue weighted by Gasteiger charge is -2.42. The molecule has 1 aromatic heterocycles. The summed E-state index contributed by atoms with van der Waals surface area (Å²) in [6, 6.07) is 2.60. The fourth-order valence-electron chi connectivity index (χ4n) is 4.12. The van der Waals surface area contributed by atoms with Crippen molar-refractivity contribution in [3.05, 3.63) is 17.5 Å². The Kier molecular flexibility index (Phi) is 5.09. The van der Waals surface area contributed by atoms with E-state index in [0.29, 0.717) is 6.04 Å². The summed E-state index contributed by atoms with van der Waals surface area (Å²) >= 11 is 0. The molecule has 2 aliphatic rings. The molecule has 0 aliphatic carbocycles. The Morgan fingerprint density at radius 1 is 1.17 bits per heavy atom. The van der Waals surface area contributed by atoms with Gasteiger partial charge in [0.25, 0.3) is 0 Å². The zero-order chi connectivity index (χ0) is 16.4. The van der Waals surface area contributed by atoms with Crippen molar-refractivity contribution in [1.29, 1.82) is 0 Å². The number of likely N-dealkylation sites (tertiary alicyclic amines) is 2. The second-order valence-corrected chi connectivity index (χ2v) is 7.70. The van der Waals surface area contributed by atoms with Crippen LogP contribution < -0.4 is 0 Å². The summed E-state index contributed by atoms with van der Waals surface area (Å²) in [6.45, 7) is 12.6. The lowest BCUT2D eigenvalue weighted by Crippen LogP contribution is -2.52. The molecule has 0 bridgehead atoms. The van der Waals surface area contributed by atoms with Crippen LogP contribution >= 0.6 is 0 Å². The molecule has 2 aliphatic heterocycles. The third-order valence-corrected chi connectivity index (χ3v) is 5.61. The number of hydrogen-bond donors (Lipinski definition) is 1. The summed E-state index contributed by atoms with van der Waals surface area (Å²) in [7, 11) is 0. The van der Waals surface area contributed by atoms with Crippen molar-refractivity contribution in [2.45, 2.75) is 64.6 Å². The number of aryl methyl sites for hydroxylation is 2. The summed E-state index contributed by atoms with van der Waals surface area (Å²) in [5.41, 5.74) is 1.85. The molecule has 1 atom stereocenters. The van der Waals surface area contributed by atoms with Crippen molar-refractivity contribution >= 4 is 0 Å². The molecular formula is C18H32N4O. The van der Waals surface area contributed by atoms with Crippen LogP contribution in [0.3, 0.4) is 0 Å². The predicted octanol–water partition coefficient (Wildman–Crippen LogP) is 1.81. The predicted molar refractivity (Wildman–Crippen MR) is 92.6 cm³/mol. The minimum Gasteiger partial charge on any atom is -0.388 e. The topological polar surface area (TPSA) is 44.5 Å². The van der Waals surface area contributed by atoms with E-state index < -0.39 is 5.60 Å². The number of aromatic nitrogens is 2. The van der Waals surface area contributed by atoms with Crippen LogP contribution in [0.15, 0.2) is 6.07 Å². The lowest BCUT2D eigenvalue weighted by molar-refractivity contribution is -0.0493. The lowest BCUT2D eigenvalue weighted by atomic mass is 9.90. The molecule has 2 saturated heterocycles. The van der Waals surface area contributed by atoms with Crippen LogP contribution in [0.4, 0.5) is 0 Å². The molecule has 3 rings (SSSR count). The summed E-state index contributed by atoms with van der Waals surface area (Å²) in [5.74, 6) is 0.